The zero-order valence-electron chi connectivity index (χ0n) is 35.1. The molecule has 0 radical (unpaired) electrons. The van der Waals surface area contributed by atoms with Crippen LogP contribution < -0.4 is 9.47 Å². The lowest BCUT2D eigenvalue weighted by Crippen LogP contribution is -2.70. The van der Waals surface area contributed by atoms with Crippen LogP contribution in [0.4, 0.5) is 0 Å². The van der Waals surface area contributed by atoms with Crippen LogP contribution in [0.1, 0.15) is 75.3 Å². The molecule has 3 aromatic carbocycles. The number of benzene rings is 3. The summed E-state index contributed by atoms with van der Waals surface area (Å²) in [6.07, 6.45) is 12.4. The molecule has 1 saturated carbocycles. The zero-order valence-corrected chi connectivity index (χ0v) is 35.9. The van der Waals surface area contributed by atoms with Gasteiger partial charge in [0.15, 0.2) is 0 Å². The molecule has 2 N–H and O–H groups in total. The van der Waals surface area contributed by atoms with Gasteiger partial charge in [0.25, 0.3) is 0 Å². The average Bonchev–Trinajstić information content (AvgIpc) is 3.28. The molecule has 0 spiro atoms. The largest absolute Gasteiger partial charge is 0.490 e. The zero-order chi connectivity index (χ0) is 42.8. The summed E-state index contributed by atoms with van der Waals surface area (Å²) >= 11 is 0. The summed E-state index contributed by atoms with van der Waals surface area (Å²) in [6, 6.07) is 23.6. The van der Waals surface area contributed by atoms with Crippen molar-refractivity contribution < 1.29 is 37.7 Å². The number of pyridine rings is 1. The summed E-state index contributed by atoms with van der Waals surface area (Å²) in [6.45, 7) is 10.8. The van der Waals surface area contributed by atoms with Crippen LogP contribution in [0.3, 0.4) is 0 Å². The normalized spacial score (nSPS) is 23.8. The molecule has 11 nitrogen and oxygen atoms in total. The minimum atomic E-state index is -4.28. The van der Waals surface area contributed by atoms with Gasteiger partial charge < -0.3 is 29.3 Å². The van der Waals surface area contributed by atoms with Crippen molar-refractivity contribution in [1.82, 2.24) is 9.29 Å². The summed E-state index contributed by atoms with van der Waals surface area (Å²) in [5.74, 6) is -1.04. The number of rotatable bonds is 22. The Balaban J connectivity index is 1.49. The monoisotopic (exact) mass is 849 g/mol. The third-order valence-corrected chi connectivity index (χ3v) is 14.2. The summed E-state index contributed by atoms with van der Waals surface area (Å²) in [4.78, 5) is 10.9. The van der Waals surface area contributed by atoms with Gasteiger partial charge in [-0.15, -0.1) is 6.58 Å². The number of unbranched alkanes of at least 4 members (excludes halogenated alkanes) is 2. The molecule has 12 heteroatoms. The summed E-state index contributed by atoms with van der Waals surface area (Å²) in [5, 5.41) is 25.5. The quantitative estimate of drug-likeness (QED) is 0.0452. The number of sulfonamides is 1. The van der Waals surface area contributed by atoms with Crippen molar-refractivity contribution in [2.24, 2.45) is 22.9 Å². The van der Waals surface area contributed by atoms with Gasteiger partial charge in [-0.1, -0.05) is 98.3 Å². The second-order valence-electron chi connectivity index (χ2n) is 16.1. The number of aromatic nitrogens is 1. The second-order valence-corrected chi connectivity index (χ2v) is 17.9. The molecule has 324 valence electrons. The minimum Gasteiger partial charge on any atom is -0.490 e. The number of ether oxygens (including phenoxy) is 3. The Labute approximate surface area is 360 Å². The lowest BCUT2D eigenvalue weighted by atomic mass is 9.55. The van der Waals surface area contributed by atoms with E-state index in [1.807, 2.05) is 67.6 Å². The number of para-hydroxylation sites is 1. The fraction of sp³-hybridized carbons (Fsp3) is 0.429. The molecule has 1 fully saturated rings. The van der Waals surface area contributed by atoms with E-state index >= 15 is 8.42 Å². The third kappa shape index (κ3) is 9.20. The van der Waals surface area contributed by atoms with Gasteiger partial charge >= 0.3 is 0 Å². The standard InChI is InChI=1S/C49H59N3O8S/c1-4-26-52(61(55,56)44-22-14-19-36-20-15-25-50-48(36)44)45-33-42(51-59-34-35-16-8-7-9-17-35)40-31-37(18-10-12-27-53)39(21-11-13-28-54)46-41-32-38(57-29-5-2)23-24-43(41)60-49(45,47(40)46)58-30-6-3/h5-9,14-17,19-20,22-25,31-32,37,39,45-47,53-54H,2-4,10-13,18,21,26-30,33-34H2,1H3. The Hall–Kier alpha value is -4.85. The number of hydrogen-bond acceptors (Lipinski definition) is 10. The number of oxime groups is 1. The maximum Gasteiger partial charge on any atom is 0.245 e. The Morgan fingerprint density at radius 2 is 1.72 bits per heavy atom. The van der Waals surface area contributed by atoms with Crippen LogP contribution in [0.15, 0.2) is 132 Å². The molecule has 2 aliphatic carbocycles. The molecule has 7 rings (SSSR count). The van der Waals surface area contributed by atoms with Crippen LogP contribution in [0.2, 0.25) is 0 Å². The van der Waals surface area contributed by atoms with Gasteiger partial charge in [-0.3, -0.25) is 4.98 Å². The molecular weight excluding hydrogens is 791 g/mol. The maximum absolute atomic E-state index is 15.5. The van der Waals surface area contributed by atoms with Gasteiger partial charge in [-0.25, -0.2) is 8.42 Å². The van der Waals surface area contributed by atoms with E-state index in [4.69, 9.17) is 24.2 Å². The number of allylic oxidation sites excluding steroid dienone is 1. The van der Waals surface area contributed by atoms with Gasteiger partial charge in [-0.2, -0.15) is 4.31 Å². The van der Waals surface area contributed by atoms with Gasteiger partial charge in [0.05, 0.1) is 29.8 Å². The first-order chi connectivity index (χ1) is 29.8. The predicted octanol–water partition coefficient (Wildman–Crippen LogP) is 8.73. The number of nitrogens with zero attached hydrogens (tertiary/aromatic N) is 3. The van der Waals surface area contributed by atoms with Crippen molar-refractivity contribution in [1.29, 1.82) is 0 Å². The van der Waals surface area contributed by atoms with Crippen molar-refractivity contribution in [2.45, 2.75) is 87.5 Å². The Kier molecular flexibility index (Phi) is 14.7. The molecule has 0 saturated heterocycles. The van der Waals surface area contributed by atoms with Crippen LogP contribution in [-0.2, 0) is 26.2 Å². The first-order valence-corrected chi connectivity index (χ1v) is 23.1. The summed E-state index contributed by atoms with van der Waals surface area (Å²) in [5.41, 5.74) is 3.80. The van der Waals surface area contributed by atoms with E-state index in [0.29, 0.717) is 54.0 Å². The van der Waals surface area contributed by atoms with Crippen LogP contribution in [0.25, 0.3) is 10.9 Å². The molecule has 4 aromatic rings. The van der Waals surface area contributed by atoms with E-state index in [1.165, 1.54) is 0 Å². The van der Waals surface area contributed by atoms with E-state index in [1.54, 1.807) is 40.9 Å². The molecule has 0 amide bonds. The topological polar surface area (TPSA) is 140 Å². The Bertz CT molecular complexity index is 2290. The van der Waals surface area contributed by atoms with Crippen LogP contribution in [0.5, 0.6) is 11.5 Å². The van der Waals surface area contributed by atoms with Crippen molar-refractivity contribution >= 4 is 26.6 Å². The van der Waals surface area contributed by atoms with E-state index in [2.05, 4.69) is 24.2 Å². The molecule has 2 heterocycles. The fourth-order valence-corrected chi connectivity index (χ4v) is 11.6. The molecule has 6 unspecified atom stereocenters. The van der Waals surface area contributed by atoms with Crippen molar-refractivity contribution in [2.75, 3.05) is 33.0 Å². The van der Waals surface area contributed by atoms with Crippen molar-refractivity contribution in [3.05, 3.63) is 133 Å². The summed E-state index contributed by atoms with van der Waals surface area (Å²) in [7, 11) is -4.28. The third-order valence-electron chi connectivity index (χ3n) is 12.2. The van der Waals surface area contributed by atoms with E-state index in [-0.39, 0.29) is 62.0 Å². The van der Waals surface area contributed by atoms with E-state index in [9.17, 15) is 10.2 Å². The average molecular weight is 850 g/mol. The van der Waals surface area contributed by atoms with Gasteiger partial charge in [0.1, 0.15) is 29.6 Å². The van der Waals surface area contributed by atoms with Crippen LogP contribution >= 0.6 is 0 Å². The lowest BCUT2D eigenvalue weighted by molar-refractivity contribution is -0.251. The maximum atomic E-state index is 15.5. The minimum absolute atomic E-state index is 0.0201. The van der Waals surface area contributed by atoms with Crippen LogP contribution in [-0.4, -0.2) is 78.4 Å². The second kappa shape index (κ2) is 20.3. The molecule has 1 aromatic heterocycles. The van der Waals surface area contributed by atoms with Crippen molar-refractivity contribution in [3.63, 3.8) is 0 Å². The van der Waals surface area contributed by atoms with E-state index < -0.39 is 27.8 Å². The molecule has 3 aliphatic rings. The van der Waals surface area contributed by atoms with E-state index in [0.717, 1.165) is 42.4 Å². The first kappa shape index (κ1) is 44.2. The number of aliphatic hydroxyl groups excluding tert-OH is 2. The fourth-order valence-electron chi connectivity index (χ4n) is 9.70. The summed E-state index contributed by atoms with van der Waals surface area (Å²) < 4.78 is 53.1. The van der Waals surface area contributed by atoms with Gasteiger partial charge in [0, 0.05) is 49.2 Å². The molecule has 6 atom stereocenters. The van der Waals surface area contributed by atoms with Gasteiger partial charge in [0.2, 0.25) is 15.8 Å². The Morgan fingerprint density at radius 1 is 0.951 bits per heavy atom. The predicted molar refractivity (Wildman–Crippen MR) is 238 cm³/mol. The highest BCUT2D eigenvalue weighted by atomic mass is 32.2. The smallest absolute Gasteiger partial charge is 0.245 e. The molecule has 61 heavy (non-hydrogen) atoms. The number of aliphatic hydroxyl groups is 2. The number of hydrogen-bond donors (Lipinski definition) is 2. The SMILES string of the molecule is C=CCOc1ccc2c(c1)C1C(CCCCO)C(CCCCO)C=C3C(=NOCc4ccccc4)CC(N(CCC)S(=O)(=O)c4cccc5cccnc45)C(OCC=C)(O2)C31. The highest BCUT2D eigenvalue weighted by Crippen LogP contribution is 2.62. The molecular formula is C49H59N3O8S. The highest BCUT2D eigenvalue weighted by Gasteiger charge is 2.66. The molecule has 0 bridgehead atoms. The number of fused-ring (bicyclic) bond motifs is 3. The molecule has 1 aliphatic heterocycles. The first-order valence-electron chi connectivity index (χ1n) is 21.6. The van der Waals surface area contributed by atoms with Crippen LogP contribution in [0, 0.1) is 17.8 Å². The van der Waals surface area contributed by atoms with Gasteiger partial charge in [-0.05, 0) is 85.4 Å². The lowest BCUT2D eigenvalue weighted by Gasteiger charge is -2.59. The Morgan fingerprint density at radius 3 is 2.48 bits per heavy atom. The van der Waals surface area contributed by atoms with Crippen molar-refractivity contribution in [3.8, 4) is 11.5 Å². The highest BCUT2D eigenvalue weighted by molar-refractivity contribution is 7.89.